The summed E-state index contributed by atoms with van der Waals surface area (Å²) in [6.45, 7) is 2.11. The Morgan fingerprint density at radius 1 is 0.912 bits per heavy atom. The minimum absolute atomic E-state index is 0.187. The van der Waals surface area contributed by atoms with Crippen LogP contribution in [0.4, 0.5) is 30.6 Å². The average Bonchev–Trinajstić information content (AvgIpc) is 3.20. The van der Waals surface area contributed by atoms with E-state index < -0.39 is 17.3 Å². The predicted molar refractivity (Wildman–Crippen MR) is 122 cm³/mol. The Bertz CT molecular complexity index is 1190. The van der Waals surface area contributed by atoms with Gasteiger partial charge in [0.2, 0.25) is 5.95 Å². The molecule has 1 saturated heterocycles. The van der Waals surface area contributed by atoms with Crippen LogP contribution in [-0.2, 0) is 6.18 Å². The summed E-state index contributed by atoms with van der Waals surface area (Å²) in [6, 6.07) is 5.64. The molecule has 0 bridgehead atoms. The molecule has 0 radical (unpaired) electrons. The van der Waals surface area contributed by atoms with E-state index in [4.69, 9.17) is 0 Å². The number of nitrogens with zero attached hydrogens (tertiary/aromatic N) is 5. The first-order valence-electron chi connectivity index (χ1n) is 11.2. The van der Waals surface area contributed by atoms with Gasteiger partial charge in [-0.25, -0.2) is 15.0 Å². The Hall–Kier alpha value is -3.63. The largest absolute Gasteiger partial charge is 0.421 e. The van der Waals surface area contributed by atoms with Gasteiger partial charge in [0.25, 0.3) is 5.56 Å². The van der Waals surface area contributed by atoms with Gasteiger partial charge in [0.1, 0.15) is 11.4 Å². The van der Waals surface area contributed by atoms with Gasteiger partial charge in [-0.1, -0.05) is 0 Å². The molecule has 4 heterocycles. The van der Waals surface area contributed by atoms with Gasteiger partial charge in [-0.2, -0.15) is 13.2 Å². The quantitative estimate of drug-likeness (QED) is 0.567. The molecule has 0 amide bonds. The van der Waals surface area contributed by atoms with Crippen LogP contribution in [0.15, 0.2) is 53.8 Å². The lowest BCUT2D eigenvalue weighted by molar-refractivity contribution is -0.138. The van der Waals surface area contributed by atoms with Crippen molar-refractivity contribution in [3.8, 4) is 5.69 Å². The molecule has 2 aliphatic rings. The maximum absolute atomic E-state index is 13.0. The fourth-order valence-corrected chi connectivity index (χ4v) is 4.30. The highest BCUT2D eigenvalue weighted by atomic mass is 19.4. The third-order valence-corrected chi connectivity index (χ3v) is 6.26. The summed E-state index contributed by atoms with van der Waals surface area (Å²) in [6.07, 6.45) is 5.62. The number of nitrogens with one attached hydrogen (secondary N) is 2. The number of rotatable bonds is 6. The van der Waals surface area contributed by atoms with Gasteiger partial charge in [-0.05, 0) is 49.9 Å². The Morgan fingerprint density at radius 2 is 1.62 bits per heavy atom. The molecule has 3 aromatic rings. The van der Waals surface area contributed by atoms with Crippen molar-refractivity contribution < 1.29 is 13.2 Å². The van der Waals surface area contributed by atoms with E-state index in [-0.39, 0.29) is 17.8 Å². The van der Waals surface area contributed by atoms with Crippen LogP contribution in [0.5, 0.6) is 0 Å². The first-order chi connectivity index (χ1) is 16.4. The van der Waals surface area contributed by atoms with Crippen LogP contribution in [0.25, 0.3) is 5.69 Å². The molecule has 1 aliphatic heterocycles. The van der Waals surface area contributed by atoms with Crippen molar-refractivity contribution in [2.45, 2.75) is 43.9 Å². The van der Waals surface area contributed by atoms with Gasteiger partial charge in [0.15, 0.2) is 0 Å². The molecule has 0 spiro atoms. The normalized spacial score (nSPS) is 20.1. The highest BCUT2D eigenvalue weighted by Crippen LogP contribution is 2.27. The second-order valence-electron chi connectivity index (χ2n) is 8.60. The number of aromatic nitrogens is 4. The van der Waals surface area contributed by atoms with Gasteiger partial charge in [0, 0.05) is 31.4 Å². The van der Waals surface area contributed by atoms with E-state index in [2.05, 4.69) is 30.5 Å². The van der Waals surface area contributed by atoms with E-state index in [1.165, 1.54) is 24.9 Å². The summed E-state index contributed by atoms with van der Waals surface area (Å²) in [5.74, 6) is 1.22. The lowest BCUT2D eigenvalue weighted by atomic mass is 10.2. The zero-order chi connectivity index (χ0) is 23.7. The van der Waals surface area contributed by atoms with E-state index in [0.717, 1.165) is 48.7 Å². The van der Waals surface area contributed by atoms with E-state index in [9.17, 15) is 18.0 Å². The molecule has 2 atom stereocenters. The Morgan fingerprint density at radius 3 is 2.24 bits per heavy atom. The minimum Gasteiger partial charge on any atom is -0.369 e. The molecule has 2 fully saturated rings. The topological polar surface area (TPSA) is 88.0 Å². The zero-order valence-corrected chi connectivity index (χ0v) is 18.3. The predicted octanol–water partition coefficient (Wildman–Crippen LogP) is 3.70. The molecular formula is C23H24F3N7O. The van der Waals surface area contributed by atoms with E-state index in [0.29, 0.717) is 11.8 Å². The Balaban J connectivity index is 1.18. The molecule has 8 nitrogen and oxygen atoms in total. The number of halogens is 3. The fraction of sp³-hybridized carbons (Fsp3) is 0.391. The minimum atomic E-state index is -4.70. The maximum Gasteiger partial charge on any atom is 0.421 e. The number of anilines is 3. The standard InChI is InChI=1S/C23H24F3N7O/c24-23(25,26)19-3-1-10-33(21(19)34)17-6-7-20(27-12-17)30-15-4-5-16(11-15)31-22-28-13-18(14-29-22)32-8-2-9-32/h1,3,6-7,10,12-16H,2,4-5,8-9,11H2,(H,27,30)(H,28,29,31)/t15-,16-/m0/s1. The maximum atomic E-state index is 13.0. The van der Waals surface area contributed by atoms with Crippen molar-refractivity contribution in [3.63, 3.8) is 0 Å². The molecule has 0 aromatic carbocycles. The monoisotopic (exact) mass is 471 g/mol. The number of pyridine rings is 2. The summed E-state index contributed by atoms with van der Waals surface area (Å²) in [4.78, 5) is 27.6. The van der Waals surface area contributed by atoms with Gasteiger partial charge >= 0.3 is 6.18 Å². The SMILES string of the molecule is O=c1c(C(F)(F)F)cccn1-c1ccc(N[C@H]2CC[C@H](Nc3ncc(N4CCC4)cn3)C2)nc1. The van der Waals surface area contributed by atoms with Crippen molar-refractivity contribution in [1.29, 1.82) is 0 Å². The van der Waals surface area contributed by atoms with E-state index in [1.807, 2.05) is 12.4 Å². The molecule has 3 aromatic heterocycles. The average molecular weight is 471 g/mol. The highest BCUT2D eigenvalue weighted by molar-refractivity contribution is 5.47. The molecule has 1 saturated carbocycles. The summed E-state index contributed by atoms with van der Waals surface area (Å²) in [5.41, 5.74) is -1.01. The van der Waals surface area contributed by atoms with Gasteiger partial charge in [-0.3, -0.25) is 9.36 Å². The molecule has 178 valence electrons. The lowest BCUT2D eigenvalue weighted by Crippen LogP contribution is -2.37. The second kappa shape index (κ2) is 8.96. The number of hydrogen-bond donors (Lipinski definition) is 2. The van der Waals surface area contributed by atoms with E-state index >= 15 is 0 Å². The molecule has 2 N–H and O–H groups in total. The number of alkyl halides is 3. The Labute approximate surface area is 193 Å². The summed E-state index contributed by atoms with van der Waals surface area (Å²) >= 11 is 0. The van der Waals surface area contributed by atoms with Crippen molar-refractivity contribution in [2.24, 2.45) is 0 Å². The van der Waals surface area contributed by atoms with Crippen LogP contribution < -0.4 is 21.1 Å². The van der Waals surface area contributed by atoms with Crippen LogP contribution >= 0.6 is 0 Å². The molecule has 5 rings (SSSR count). The van der Waals surface area contributed by atoms with Crippen LogP contribution in [-0.4, -0.2) is 44.7 Å². The van der Waals surface area contributed by atoms with Crippen molar-refractivity contribution in [2.75, 3.05) is 28.6 Å². The highest BCUT2D eigenvalue weighted by Gasteiger charge is 2.34. The lowest BCUT2D eigenvalue weighted by Gasteiger charge is -2.32. The van der Waals surface area contributed by atoms with E-state index in [1.54, 1.807) is 12.1 Å². The van der Waals surface area contributed by atoms with Crippen LogP contribution in [0.3, 0.4) is 0 Å². The van der Waals surface area contributed by atoms with Gasteiger partial charge < -0.3 is 15.5 Å². The molecule has 0 unspecified atom stereocenters. The summed E-state index contributed by atoms with van der Waals surface area (Å²) < 4.78 is 40.0. The van der Waals surface area contributed by atoms with Gasteiger partial charge in [0.05, 0.1) is 30.0 Å². The summed E-state index contributed by atoms with van der Waals surface area (Å²) in [7, 11) is 0. The first kappa shape index (κ1) is 22.2. The third kappa shape index (κ3) is 4.68. The zero-order valence-electron chi connectivity index (χ0n) is 18.3. The van der Waals surface area contributed by atoms with Crippen LogP contribution in [0.2, 0.25) is 0 Å². The van der Waals surface area contributed by atoms with Crippen LogP contribution in [0, 0.1) is 0 Å². The summed E-state index contributed by atoms with van der Waals surface area (Å²) in [5, 5.41) is 6.74. The van der Waals surface area contributed by atoms with Crippen molar-refractivity contribution >= 4 is 17.5 Å². The Kier molecular flexibility index (Phi) is 5.84. The first-order valence-corrected chi connectivity index (χ1v) is 11.2. The van der Waals surface area contributed by atoms with Crippen molar-refractivity contribution in [1.82, 2.24) is 19.5 Å². The molecular weight excluding hydrogens is 447 g/mol. The van der Waals surface area contributed by atoms with Crippen molar-refractivity contribution in [3.05, 3.63) is 65.0 Å². The number of hydrogen-bond acceptors (Lipinski definition) is 7. The smallest absolute Gasteiger partial charge is 0.369 e. The fourth-order valence-electron chi connectivity index (χ4n) is 4.30. The van der Waals surface area contributed by atoms with Gasteiger partial charge in [-0.15, -0.1) is 0 Å². The molecule has 1 aliphatic carbocycles. The molecule has 34 heavy (non-hydrogen) atoms. The second-order valence-corrected chi connectivity index (χ2v) is 8.60. The van der Waals surface area contributed by atoms with Crippen LogP contribution in [0.1, 0.15) is 31.2 Å². The third-order valence-electron chi connectivity index (χ3n) is 6.26. The molecule has 11 heteroatoms.